The van der Waals surface area contributed by atoms with E-state index in [1.165, 1.54) is 0 Å². The van der Waals surface area contributed by atoms with Gasteiger partial charge in [0.15, 0.2) is 23.3 Å². The number of benzene rings is 1. The number of ether oxygens (including phenoxy) is 1. The first-order valence-corrected chi connectivity index (χ1v) is 4.56. The summed E-state index contributed by atoms with van der Waals surface area (Å²) in [7, 11) is 0. The van der Waals surface area contributed by atoms with Crippen molar-refractivity contribution in [3.63, 3.8) is 0 Å². The standard InChI is InChI=1S/C11H8F4O2/c1-6(16)17-4-2-3-7-10(14)8(12)5-9(13)11(7)15/h2-3,5H,4H2,1H3/b3-2+. The molecule has 2 nitrogen and oxygen atoms in total. The molecule has 6 heteroatoms. The van der Waals surface area contributed by atoms with Gasteiger partial charge in [-0.25, -0.2) is 17.6 Å². The Kier molecular flexibility index (Phi) is 4.25. The van der Waals surface area contributed by atoms with E-state index in [-0.39, 0.29) is 12.7 Å². The van der Waals surface area contributed by atoms with E-state index in [9.17, 15) is 22.4 Å². The predicted octanol–water partition coefficient (Wildman–Crippen LogP) is 2.82. The van der Waals surface area contributed by atoms with Gasteiger partial charge in [-0.15, -0.1) is 0 Å². The molecule has 1 aromatic rings. The molecule has 0 saturated carbocycles. The number of hydrogen-bond donors (Lipinski definition) is 0. The average molecular weight is 248 g/mol. The summed E-state index contributed by atoms with van der Waals surface area (Å²) >= 11 is 0. The van der Waals surface area contributed by atoms with Crippen molar-refractivity contribution in [2.45, 2.75) is 6.92 Å². The van der Waals surface area contributed by atoms with Gasteiger partial charge in [0.25, 0.3) is 0 Å². The van der Waals surface area contributed by atoms with Gasteiger partial charge in [-0.2, -0.15) is 0 Å². The number of hydrogen-bond acceptors (Lipinski definition) is 2. The highest BCUT2D eigenvalue weighted by Crippen LogP contribution is 2.20. The topological polar surface area (TPSA) is 26.3 Å². The van der Waals surface area contributed by atoms with Crippen LogP contribution in [0.2, 0.25) is 0 Å². The molecule has 0 fully saturated rings. The van der Waals surface area contributed by atoms with Gasteiger partial charge >= 0.3 is 5.97 Å². The van der Waals surface area contributed by atoms with E-state index in [1.807, 2.05) is 0 Å². The Morgan fingerprint density at radius 3 is 2.24 bits per heavy atom. The van der Waals surface area contributed by atoms with Crippen LogP contribution < -0.4 is 0 Å². The van der Waals surface area contributed by atoms with Gasteiger partial charge in [0.2, 0.25) is 0 Å². The SMILES string of the molecule is CC(=O)OC/C=C/c1c(F)c(F)cc(F)c1F. The van der Waals surface area contributed by atoms with Crippen molar-refractivity contribution in [3.8, 4) is 0 Å². The van der Waals surface area contributed by atoms with Crippen molar-refractivity contribution in [3.05, 3.63) is 41.0 Å². The molecule has 0 spiro atoms. The van der Waals surface area contributed by atoms with Gasteiger partial charge in [-0.3, -0.25) is 4.79 Å². The van der Waals surface area contributed by atoms with Gasteiger partial charge < -0.3 is 4.74 Å². The summed E-state index contributed by atoms with van der Waals surface area (Å²) in [5.41, 5.74) is -0.852. The zero-order valence-corrected chi connectivity index (χ0v) is 8.77. The first-order chi connectivity index (χ1) is 7.93. The molecule has 0 aromatic heterocycles. The molecule has 0 radical (unpaired) electrons. The number of esters is 1. The van der Waals surface area contributed by atoms with E-state index in [0.29, 0.717) is 0 Å². The molecule has 17 heavy (non-hydrogen) atoms. The summed E-state index contributed by atoms with van der Waals surface area (Å²) in [5.74, 6) is -6.56. The lowest BCUT2D eigenvalue weighted by Crippen LogP contribution is -2.00. The second-order valence-electron chi connectivity index (χ2n) is 3.09. The Morgan fingerprint density at radius 2 is 1.76 bits per heavy atom. The van der Waals surface area contributed by atoms with E-state index in [1.54, 1.807) is 0 Å². The van der Waals surface area contributed by atoms with Gasteiger partial charge in [-0.05, 0) is 12.2 Å². The minimum atomic E-state index is -1.50. The third-order valence-electron chi connectivity index (χ3n) is 1.81. The quantitative estimate of drug-likeness (QED) is 0.467. The van der Waals surface area contributed by atoms with E-state index < -0.39 is 34.8 Å². The van der Waals surface area contributed by atoms with E-state index in [0.717, 1.165) is 19.1 Å². The van der Waals surface area contributed by atoms with Gasteiger partial charge in [-0.1, -0.05) is 0 Å². The second kappa shape index (κ2) is 5.47. The molecule has 92 valence electrons. The van der Waals surface area contributed by atoms with Crippen LogP contribution in [0.25, 0.3) is 6.08 Å². The Balaban J connectivity index is 2.94. The van der Waals surface area contributed by atoms with E-state index in [2.05, 4.69) is 4.74 Å². The van der Waals surface area contributed by atoms with Crippen LogP contribution in [0.5, 0.6) is 0 Å². The maximum absolute atomic E-state index is 13.1. The summed E-state index contributed by atoms with van der Waals surface area (Å²) in [4.78, 5) is 10.4. The third-order valence-corrected chi connectivity index (χ3v) is 1.81. The first-order valence-electron chi connectivity index (χ1n) is 4.56. The van der Waals surface area contributed by atoms with Crippen LogP contribution in [0.4, 0.5) is 17.6 Å². The number of carbonyl (C=O) groups excluding carboxylic acids is 1. The average Bonchev–Trinajstić information content (AvgIpc) is 2.25. The van der Waals surface area contributed by atoms with E-state index >= 15 is 0 Å². The van der Waals surface area contributed by atoms with Crippen LogP contribution >= 0.6 is 0 Å². The zero-order valence-electron chi connectivity index (χ0n) is 8.77. The maximum Gasteiger partial charge on any atom is 0.302 e. The Hall–Kier alpha value is -1.85. The second-order valence-corrected chi connectivity index (χ2v) is 3.09. The molecule has 1 rings (SSSR count). The predicted molar refractivity (Wildman–Crippen MR) is 51.9 cm³/mol. The molecular formula is C11H8F4O2. The van der Waals surface area contributed by atoms with Crippen LogP contribution in [-0.4, -0.2) is 12.6 Å². The molecule has 0 saturated heterocycles. The first kappa shape index (κ1) is 13.2. The Bertz CT molecular complexity index is 443. The smallest absolute Gasteiger partial charge is 0.302 e. The molecule has 0 aliphatic rings. The lowest BCUT2D eigenvalue weighted by atomic mass is 10.1. The van der Waals surface area contributed by atoms with Crippen LogP contribution in [-0.2, 0) is 9.53 Å². The molecule has 0 bridgehead atoms. The molecule has 0 unspecified atom stereocenters. The monoisotopic (exact) mass is 248 g/mol. The summed E-state index contributed by atoms with van der Waals surface area (Å²) in [6.45, 7) is 0.906. The molecule has 0 heterocycles. The normalized spacial score (nSPS) is 10.9. The Morgan fingerprint density at radius 1 is 1.24 bits per heavy atom. The molecule has 0 aliphatic heterocycles. The van der Waals surface area contributed by atoms with Crippen molar-refractivity contribution in [1.29, 1.82) is 0 Å². The van der Waals surface area contributed by atoms with Crippen molar-refractivity contribution >= 4 is 12.0 Å². The molecule has 0 aliphatic carbocycles. The zero-order chi connectivity index (χ0) is 13.0. The molecule has 0 atom stereocenters. The van der Waals surface area contributed by atoms with Crippen LogP contribution in [0, 0.1) is 23.3 Å². The third kappa shape index (κ3) is 3.30. The summed E-state index contributed by atoms with van der Waals surface area (Å²) in [5, 5.41) is 0. The summed E-state index contributed by atoms with van der Waals surface area (Å²) in [6.07, 6.45) is 1.88. The fourth-order valence-electron chi connectivity index (χ4n) is 1.07. The fourth-order valence-corrected chi connectivity index (χ4v) is 1.07. The lowest BCUT2D eigenvalue weighted by Gasteiger charge is -2.02. The van der Waals surface area contributed by atoms with Crippen molar-refractivity contribution in [2.75, 3.05) is 6.61 Å². The molecule has 1 aromatic carbocycles. The molecule has 0 amide bonds. The number of halogens is 4. The molecule has 0 N–H and O–H groups in total. The van der Waals surface area contributed by atoms with Crippen LogP contribution in [0.15, 0.2) is 12.1 Å². The van der Waals surface area contributed by atoms with Crippen molar-refractivity contribution in [2.24, 2.45) is 0 Å². The van der Waals surface area contributed by atoms with Crippen LogP contribution in [0.1, 0.15) is 12.5 Å². The van der Waals surface area contributed by atoms with Gasteiger partial charge in [0.1, 0.15) is 6.61 Å². The van der Waals surface area contributed by atoms with E-state index in [4.69, 9.17) is 0 Å². The molecular weight excluding hydrogens is 240 g/mol. The van der Waals surface area contributed by atoms with Crippen molar-refractivity contribution < 1.29 is 27.1 Å². The highest BCUT2D eigenvalue weighted by Gasteiger charge is 2.16. The highest BCUT2D eigenvalue weighted by molar-refractivity contribution is 5.66. The summed E-state index contributed by atoms with van der Waals surface area (Å²) < 4.78 is 56.1. The fraction of sp³-hybridized carbons (Fsp3) is 0.182. The number of carbonyl (C=O) groups is 1. The van der Waals surface area contributed by atoms with Crippen LogP contribution in [0.3, 0.4) is 0 Å². The lowest BCUT2D eigenvalue weighted by molar-refractivity contribution is -0.139. The highest BCUT2D eigenvalue weighted by atomic mass is 19.2. The minimum Gasteiger partial charge on any atom is -0.462 e. The van der Waals surface area contributed by atoms with Gasteiger partial charge in [0.05, 0.1) is 5.56 Å². The summed E-state index contributed by atoms with van der Waals surface area (Å²) in [6, 6.07) is 0.119. The largest absolute Gasteiger partial charge is 0.462 e. The minimum absolute atomic E-state index is 0.119. The maximum atomic E-state index is 13.1. The van der Waals surface area contributed by atoms with Crippen molar-refractivity contribution in [1.82, 2.24) is 0 Å². The number of rotatable bonds is 3. The Labute approximate surface area is 94.5 Å². The van der Waals surface area contributed by atoms with Gasteiger partial charge in [0, 0.05) is 13.0 Å².